The molecule has 0 atom stereocenters. The zero-order valence-electron chi connectivity index (χ0n) is 14.2. The molecule has 0 saturated heterocycles. The molecule has 0 amide bonds. The molecule has 2 N–H and O–H groups in total. The number of rotatable bonds is 5. The molecule has 0 spiro atoms. The number of thioether (sulfide) groups is 1. The van der Waals surface area contributed by atoms with Gasteiger partial charge in [0, 0.05) is 5.75 Å². The highest BCUT2D eigenvalue weighted by Gasteiger charge is 2.23. The predicted octanol–water partition coefficient (Wildman–Crippen LogP) is 4.36. The number of aromatic nitrogens is 2. The summed E-state index contributed by atoms with van der Waals surface area (Å²) < 4.78 is 0. The van der Waals surface area contributed by atoms with Crippen molar-refractivity contribution in [1.29, 1.82) is 0 Å². The molecular formula is C19H19N3O3S. The van der Waals surface area contributed by atoms with Crippen LogP contribution in [0.3, 0.4) is 0 Å². The van der Waals surface area contributed by atoms with Gasteiger partial charge in [-0.2, -0.15) is 0 Å². The summed E-state index contributed by atoms with van der Waals surface area (Å²) >= 11 is 1.34. The van der Waals surface area contributed by atoms with Gasteiger partial charge in [0.25, 0.3) is 11.2 Å². The molecule has 1 saturated carbocycles. The van der Waals surface area contributed by atoms with Crippen molar-refractivity contribution in [2.75, 3.05) is 0 Å². The molecular weight excluding hydrogens is 350 g/mol. The van der Waals surface area contributed by atoms with Crippen LogP contribution in [0.1, 0.15) is 59.6 Å². The molecule has 3 rings (SSSR count). The van der Waals surface area contributed by atoms with Gasteiger partial charge in [-0.05, 0) is 36.5 Å². The fraction of sp³-hybridized carbons (Fsp3) is 0.368. The lowest BCUT2D eigenvalue weighted by molar-refractivity contribution is 0.0697. The number of aromatic amines is 1. The summed E-state index contributed by atoms with van der Waals surface area (Å²) in [6, 6.07) is 6.70. The number of benzene rings is 1. The van der Waals surface area contributed by atoms with E-state index in [9.17, 15) is 9.59 Å². The lowest BCUT2D eigenvalue weighted by Gasteiger charge is -2.22. The van der Waals surface area contributed by atoms with Crippen LogP contribution in [0.2, 0.25) is 0 Å². The number of nitrogens with zero attached hydrogens (tertiary/aromatic N) is 2. The van der Waals surface area contributed by atoms with E-state index in [1.807, 2.05) is 6.07 Å². The van der Waals surface area contributed by atoms with Gasteiger partial charge >= 0.3 is 5.97 Å². The van der Waals surface area contributed by atoms with E-state index in [2.05, 4.69) is 14.8 Å². The Labute approximate surface area is 155 Å². The van der Waals surface area contributed by atoms with Crippen molar-refractivity contribution in [3.63, 3.8) is 0 Å². The zero-order valence-corrected chi connectivity index (χ0v) is 15.0. The van der Waals surface area contributed by atoms with E-state index in [4.69, 9.17) is 11.7 Å². The summed E-state index contributed by atoms with van der Waals surface area (Å²) in [7, 11) is 0. The van der Waals surface area contributed by atoms with Crippen LogP contribution >= 0.6 is 11.8 Å². The van der Waals surface area contributed by atoms with Crippen molar-refractivity contribution >= 4 is 23.4 Å². The van der Waals surface area contributed by atoms with Gasteiger partial charge in [-0.3, -0.25) is 4.79 Å². The van der Waals surface area contributed by atoms with Gasteiger partial charge in [0.15, 0.2) is 5.16 Å². The minimum atomic E-state index is -0.968. The number of hydrogen-bond acceptors (Lipinski definition) is 4. The molecule has 2 aromatic rings. The smallest absolute Gasteiger partial charge is 0.335 e. The third kappa shape index (κ3) is 4.14. The molecule has 134 valence electrons. The van der Waals surface area contributed by atoms with Crippen LogP contribution in [0.25, 0.3) is 4.85 Å². The van der Waals surface area contributed by atoms with Crippen molar-refractivity contribution in [3.8, 4) is 0 Å². The highest BCUT2D eigenvalue weighted by molar-refractivity contribution is 7.98. The van der Waals surface area contributed by atoms with E-state index in [1.165, 1.54) is 18.2 Å². The van der Waals surface area contributed by atoms with Crippen molar-refractivity contribution in [2.45, 2.75) is 48.9 Å². The SMILES string of the molecule is [C-]#[N+]c1c(C2CCCCC2)nc(SCc2cccc(C(=O)O)c2)[nH]c1=O. The lowest BCUT2D eigenvalue weighted by atomic mass is 9.86. The highest BCUT2D eigenvalue weighted by Crippen LogP contribution is 2.35. The molecule has 0 aliphatic heterocycles. The average molecular weight is 369 g/mol. The maximum atomic E-state index is 12.3. The molecule has 1 aliphatic carbocycles. The quantitative estimate of drug-likeness (QED) is 0.464. The van der Waals surface area contributed by atoms with E-state index in [1.54, 1.807) is 18.2 Å². The van der Waals surface area contributed by atoms with Gasteiger partial charge in [-0.15, -0.1) is 0 Å². The van der Waals surface area contributed by atoms with Crippen LogP contribution in [-0.4, -0.2) is 21.0 Å². The summed E-state index contributed by atoms with van der Waals surface area (Å²) in [5, 5.41) is 9.55. The summed E-state index contributed by atoms with van der Waals surface area (Å²) in [5.74, 6) is -0.305. The molecule has 26 heavy (non-hydrogen) atoms. The van der Waals surface area contributed by atoms with Crippen LogP contribution < -0.4 is 5.56 Å². The van der Waals surface area contributed by atoms with Crippen molar-refractivity contribution in [3.05, 3.63) is 62.9 Å². The minimum absolute atomic E-state index is 0.106. The Morgan fingerprint density at radius 1 is 1.35 bits per heavy atom. The summed E-state index contributed by atoms with van der Waals surface area (Å²) in [6.45, 7) is 7.32. The first-order valence-electron chi connectivity index (χ1n) is 8.55. The maximum absolute atomic E-state index is 12.3. The molecule has 1 fully saturated rings. The van der Waals surface area contributed by atoms with Crippen LogP contribution in [0.15, 0.2) is 34.2 Å². The summed E-state index contributed by atoms with van der Waals surface area (Å²) in [4.78, 5) is 34.0. The Bertz CT molecular complexity index is 911. The van der Waals surface area contributed by atoms with E-state index >= 15 is 0 Å². The standard InChI is InChI=1S/C19H19N3O3S/c1-20-16-15(13-7-3-2-4-8-13)21-19(22-17(16)23)26-11-12-6-5-9-14(10-12)18(24)25/h5-6,9-10,13H,2-4,7-8,11H2,(H,24,25)(H,21,22,23). The summed E-state index contributed by atoms with van der Waals surface area (Å²) in [5.41, 5.74) is 1.40. The van der Waals surface area contributed by atoms with E-state index in [-0.39, 0.29) is 17.2 Å². The largest absolute Gasteiger partial charge is 0.478 e. The van der Waals surface area contributed by atoms with Gasteiger partial charge in [-0.25, -0.2) is 14.6 Å². The first-order chi connectivity index (χ1) is 12.6. The van der Waals surface area contributed by atoms with Crippen molar-refractivity contribution in [2.24, 2.45) is 0 Å². The number of hydrogen-bond donors (Lipinski definition) is 2. The molecule has 6 nitrogen and oxygen atoms in total. The number of carboxylic acids is 1. The Balaban J connectivity index is 1.83. The lowest BCUT2D eigenvalue weighted by Crippen LogP contribution is -2.15. The van der Waals surface area contributed by atoms with E-state index < -0.39 is 11.5 Å². The average Bonchev–Trinajstić information content (AvgIpc) is 2.67. The fourth-order valence-corrected chi connectivity index (χ4v) is 4.06. The van der Waals surface area contributed by atoms with Crippen LogP contribution in [0.4, 0.5) is 5.69 Å². The van der Waals surface area contributed by atoms with Crippen molar-refractivity contribution < 1.29 is 9.90 Å². The summed E-state index contributed by atoms with van der Waals surface area (Å²) in [6.07, 6.45) is 5.31. The van der Waals surface area contributed by atoms with Gasteiger partial charge in [0.05, 0.1) is 17.8 Å². The minimum Gasteiger partial charge on any atom is -0.478 e. The van der Waals surface area contributed by atoms with Crippen LogP contribution in [-0.2, 0) is 5.75 Å². The number of aromatic carboxylic acids is 1. The van der Waals surface area contributed by atoms with Gasteiger partial charge in [-0.1, -0.05) is 43.2 Å². The Morgan fingerprint density at radius 3 is 2.81 bits per heavy atom. The molecule has 0 bridgehead atoms. The Hall–Kier alpha value is -2.59. The number of carbonyl (C=O) groups is 1. The molecule has 1 aromatic heterocycles. The molecule has 0 unspecified atom stereocenters. The van der Waals surface area contributed by atoms with Gasteiger partial charge < -0.3 is 10.1 Å². The second-order valence-corrected chi connectivity index (χ2v) is 7.31. The first kappa shape index (κ1) is 18.2. The Morgan fingerprint density at radius 2 is 2.12 bits per heavy atom. The molecule has 1 aromatic carbocycles. The molecule has 7 heteroatoms. The third-order valence-electron chi connectivity index (χ3n) is 4.55. The molecule has 0 radical (unpaired) electrons. The fourth-order valence-electron chi connectivity index (χ4n) is 3.25. The maximum Gasteiger partial charge on any atom is 0.335 e. The molecule has 1 aliphatic rings. The topological polar surface area (TPSA) is 87.4 Å². The van der Waals surface area contributed by atoms with E-state index in [0.717, 1.165) is 31.2 Å². The Kier molecular flexibility index (Phi) is 5.74. The van der Waals surface area contributed by atoms with Crippen LogP contribution in [0.5, 0.6) is 0 Å². The third-order valence-corrected chi connectivity index (χ3v) is 5.50. The zero-order chi connectivity index (χ0) is 18.5. The number of carboxylic acid groups (broad SMARTS) is 1. The molecule has 1 heterocycles. The van der Waals surface area contributed by atoms with Gasteiger partial charge in [0.1, 0.15) is 0 Å². The second-order valence-electron chi connectivity index (χ2n) is 6.35. The van der Waals surface area contributed by atoms with E-state index in [0.29, 0.717) is 16.6 Å². The predicted molar refractivity (Wildman–Crippen MR) is 99.9 cm³/mol. The second kappa shape index (κ2) is 8.19. The highest BCUT2D eigenvalue weighted by atomic mass is 32.2. The number of nitrogens with one attached hydrogen (secondary N) is 1. The normalized spacial score (nSPS) is 14.7. The number of H-pyrrole nitrogens is 1. The van der Waals surface area contributed by atoms with Crippen LogP contribution in [0, 0.1) is 6.57 Å². The van der Waals surface area contributed by atoms with Crippen molar-refractivity contribution in [1.82, 2.24) is 9.97 Å². The monoisotopic (exact) mass is 369 g/mol. The van der Waals surface area contributed by atoms with Gasteiger partial charge in [0.2, 0.25) is 0 Å². The first-order valence-corrected chi connectivity index (χ1v) is 9.53.